The summed E-state index contributed by atoms with van der Waals surface area (Å²) >= 11 is 5.17. The molecule has 1 amide bonds. The highest BCUT2D eigenvalue weighted by Gasteiger charge is 2.33. The molecule has 30 heavy (non-hydrogen) atoms. The van der Waals surface area contributed by atoms with E-state index in [2.05, 4.69) is 58.3 Å². The minimum atomic E-state index is -0.164. The van der Waals surface area contributed by atoms with Crippen molar-refractivity contribution in [3.63, 3.8) is 0 Å². The molecule has 3 rings (SSSR count). The number of allylic oxidation sites excluding steroid dienone is 1. The molecule has 6 nitrogen and oxygen atoms in total. The summed E-state index contributed by atoms with van der Waals surface area (Å²) in [5.41, 5.74) is 2.36. The highest BCUT2D eigenvalue weighted by molar-refractivity contribution is 9.11. The van der Waals surface area contributed by atoms with Crippen molar-refractivity contribution in [2.75, 3.05) is 39.8 Å². The molecular formula is C22H34BrN5OS. The van der Waals surface area contributed by atoms with Crippen LogP contribution in [0.2, 0.25) is 0 Å². The van der Waals surface area contributed by atoms with Gasteiger partial charge in [0.2, 0.25) is 5.91 Å². The van der Waals surface area contributed by atoms with Crippen molar-refractivity contribution in [2.24, 2.45) is 5.92 Å². The molecule has 1 aliphatic heterocycles. The maximum absolute atomic E-state index is 13.4. The van der Waals surface area contributed by atoms with E-state index in [1.807, 2.05) is 18.0 Å². The quantitative estimate of drug-likeness (QED) is 0.399. The number of rotatable bonds is 7. The van der Waals surface area contributed by atoms with Gasteiger partial charge in [0.15, 0.2) is 0 Å². The number of hydrogen-bond acceptors (Lipinski definition) is 5. The molecule has 1 aromatic heterocycles. The highest BCUT2D eigenvalue weighted by atomic mass is 79.9. The zero-order valence-electron chi connectivity index (χ0n) is 18.4. The minimum absolute atomic E-state index is 0.164. The Bertz CT molecular complexity index is 797. The molecule has 0 radical (unpaired) electrons. The van der Waals surface area contributed by atoms with Crippen molar-refractivity contribution < 1.29 is 4.79 Å². The van der Waals surface area contributed by atoms with Crippen LogP contribution >= 0.6 is 27.3 Å². The van der Waals surface area contributed by atoms with Crippen molar-refractivity contribution in [2.45, 2.75) is 45.6 Å². The Balaban J connectivity index is 1.65. The summed E-state index contributed by atoms with van der Waals surface area (Å²) < 4.78 is 1.05. The highest BCUT2D eigenvalue weighted by Crippen LogP contribution is 2.32. The lowest BCUT2D eigenvalue weighted by Gasteiger charge is -2.38. The Morgan fingerprint density at radius 2 is 1.93 bits per heavy atom. The average Bonchev–Trinajstić information content (AvgIpc) is 3.32. The molecule has 1 aliphatic carbocycles. The van der Waals surface area contributed by atoms with E-state index in [-0.39, 0.29) is 11.8 Å². The molecule has 0 aromatic carbocycles. The number of hydrogen-bond donors (Lipinski definition) is 3. The minimum Gasteiger partial charge on any atom is -0.391 e. The van der Waals surface area contributed by atoms with Crippen molar-refractivity contribution >= 4 is 39.0 Å². The number of nitrogens with zero attached hydrogens (tertiary/aromatic N) is 2. The van der Waals surface area contributed by atoms with Crippen LogP contribution in [0.1, 0.15) is 44.4 Å². The van der Waals surface area contributed by atoms with Gasteiger partial charge in [0.05, 0.1) is 9.70 Å². The van der Waals surface area contributed by atoms with Crippen molar-refractivity contribution in [1.29, 1.82) is 5.41 Å². The summed E-state index contributed by atoms with van der Waals surface area (Å²) in [6, 6.07) is 4.41. The van der Waals surface area contributed by atoms with Gasteiger partial charge in [-0.1, -0.05) is 20.8 Å². The summed E-state index contributed by atoms with van der Waals surface area (Å²) in [7, 11) is 1.95. The summed E-state index contributed by atoms with van der Waals surface area (Å²) in [5.74, 6) is 1.08. The van der Waals surface area contributed by atoms with Crippen LogP contribution in [0.3, 0.4) is 0 Å². The molecule has 2 atom stereocenters. The Hall–Kier alpha value is -1.38. The SMILES string of the molecule is CNC1=C(C(=N)N2CCN(C(=O)[C@H](CNC(C)C)c3ccc(Br)s3)CC2)[C@H](C)CC1. The molecule has 0 saturated carbocycles. The number of carbonyl (C=O) groups is 1. The fourth-order valence-electron chi connectivity index (χ4n) is 4.29. The first kappa shape index (κ1) is 23.3. The molecule has 2 aliphatic rings. The maximum Gasteiger partial charge on any atom is 0.232 e. The topological polar surface area (TPSA) is 71.5 Å². The van der Waals surface area contributed by atoms with Gasteiger partial charge in [-0.3, -0.25) is 10.2 Å². The predicted octanol–water partition coefficient (Wildman–Crippen LogP) is 3.62. The van der Waals surface area contributed by atoms with Crippen LogP contribution in [0.5, 0.6) is 0 Å². The van der Waals surface area contributed by atoms with Gasteiger partial charge >= 0.3 is 0 Å². The number of halogens is 1. The molecule has 1 fully saturated rings. The van der Waals surface area contributed by atoms with Crippen LogP contribution in [0.25, 0.3) is 0 Å². The molecule has 0 unspecified atom stereocenters. The molecule has 1 saturated heterocycles. The molecular weight excluding hydrogens is 462 g/mol. The first-order chi connectivity index (χ1) is 14.3. The summed E-state index contributed by atoms with van der Waals surface area (Å²) in [6.45, 7) is 9.84. The monoisotopic (exact) mass is 495 g/mol. The van der Waals surface area contributed by atoms with Crippen molar-refractivity contribution in [3.8, 4) is 0 Å². The van der Waals surface area contributed by atoms with Gasteiger partial charge in [0, 0.05) is 62.0 Å². The van der Waals surface area contributed by atoms with Crippen LogP contribution in [-0.4, -0.2) is 67.4 Å². The number of amidine groups is 1. The molecule has 0 bridgehead atoms. The third kappa shape index (κ3) is 5.26. The van der Waals surface area contributed by atoms with E-state index in [0.29, 0.717) is 37.4 Å². The summed E-state index contributed by atoms with van der Waals surface area (Å²) in [5, 5.41) is 15.5. The normalized spacial score (nSPS) is 20.8. The Kier molecular flexibility index (Phi) is 7.98. The molecule has 1 aromatic rings. The second-order valence-electron chi connectivity index (χ2n) is 8.50. The number of thiophene rings is 1. The van der Waals surface area contributed by atoms with Gasteiger partial charge in [0.25, 0.3) is 0 Å². The summed E-state index contributed by atoms with van der Waals surface area (Å²) in [6.07, 6.45) is 2.13. The third-order valence-electron chi connectivity index (χ3n) is 6.08. The van der Waals surface area contributed by atoms with Gasteiger partial charge in [0.1, 0.15) is 5.84 Å². The lowest BCUT2D eigenvalue weighted by molar-refractivity contribution is -0.134. The molecule has 3 N–H and O–H groups in total. The van der Waals surface area contributed by atoms with E-state index in [1.165, 1.54) is 5.70 Å². The smallest absolute Gasteiger partial charge is 0.232 e. The number of carbonyl (C=O) groups excluding carboxylic acids is 1. The standard InChI is InChI=1S/C22H34BrN5OS/c1-14(2)26-13-16(18-7-8-19(23)30-18)22(29)28-11-9-27(10-12-28)21(24)20-15(3)5-6-17(20)25-4/h7-8,14-16,24-26H,5-6,9-13H2,1-4H3/t15-,16-/m1/s1. The molecule has 8 heteroatoms. The van der Waals surface area contributed by atoms with E-state index < -0.39 is 0 Å². The van der Waals surface area contributed by atoms with Crippen molar-refractivity contribution in [1.82, 2.24) is 20.4 Å². The van der Waals surface area contributed by atoms with E-state index in [1.54, 1.807) is 11.3 Å². The number of amides is 1. The summed E-state index contributed by atoms with van der Waals surface area (Å²) in [4.78, 5) is 18.6. The second-order valence-corrected chi connectivity index (χ2v) is 11.0. The van der Waals surface area contributed by atoms with Gasteiger partial charge in [-0.05, 0) is 46.8 Å². The molecule has 166 valence electrons. The van der Waals surface area contributed by atoms with E-state index in [4.69, 9.17) is 5.41 Å². The first-order valence-corrected chi connectivity index (χ1v) is 12.4. The van der Waals surface area contributed by atoms with E-state index >= 15 is 0 Å². The predicted molar refractivity (Wildman–Crippen MR) is 128 cm³/mol. The van der Waals surface area contributed by atoms with Gasteiger partial charge in [-0.2, -0.15) is 0 Å². The maximum atomic E-state index is 13.4. The van der Waals surface area contributed by atoms with E-state index in [0.717, 1.165) is 40.2 Å². The van der Waals surface area contributed by atoms with Crippen LogP contribution in [-0.2, 0) is 4.79 Å². The molecule has 0 spiro atoms. The Labute approximate surface area is 192 Å². The number of piperazine rings is 1. The fourth-order valence-corrected chi connectivity index (χ4v) is 5.81. The van der Waals surface area contributed by atoms with Gasteiger partial charge in [-0.25, -0.2) is 0 Å². The average molecular weight is 497 g/mol. The van der Waals surface area contributed by atoms with Crippen LogP contribution in [0.15, 0.2) is 27.2 Å². The Morgan fingerprint density at radius 3 is 2.50 bits per heavy atom. The zero-order valence-corrected chi connectivity index (χ0v) is 20.8. The largest absolute Gasteiger partial charge is 0.391 e. The zero-order chi connectivity index (χ0) is 21.8. The van der Waals surface area contributed by atoms with Crippen LogP contribution < -0.4 is 10.6 Å². The second kappa shape index (κ2) is 10.3. The first-order valence-electron chi connectivity index (χ1n) is 10.8. The number of nitrogens with one attached hydrogen (secondary N) is 3. The lowest BCUT2D eigenvalue weighted by Crippen LogP contribution is -2.52. The molecule has 2 heterocycles. The lowest BCUT2D eigenvalue weighted by atomic mass is 10.0. The van der Waals surface area contributed by atoms with Gasteiger partial charge < -0.3 is 20.4 Å². The van der Waals surface area contributed by atoms with Crippen LogP contribution in [0.4, 0.5) is 0 Å². The fraction of sp³-hybridized carbons (Fsp3) is 0.636. The van der Waals surface area contributed by atoms with Crippen LogP contribution in [0, 0.1) is 11.3 Å². The Morgan fingerprint density at radius 1 is 1.27 bits per heavy atom. The van der Waals surface area contributed by atoms with E-state index in [9.17, 15) is 4.79 Å². The van der Waals surface area contributed by atoms with Crippen molar-refractivity contribution in [3.05, 3.63) is 32.1 Å². The van der Waals surface area contributed by atoms with Gasteiger partial charge in [-0.15, -0.1) is 11.3 Å². The third-order valence-corrected chi connectivity index (χ3v) is 7.81.